The lowest BCUT2D eigenvalue weighted by molar-refractivity contribution is -0.127. The van der Waals surface area contributed by atoms with E-state index in [1.807, 2.05) is 0 Å². The molecule has 0 heterocycles. The lowest BCUT2D eigenvalue weighted by atomic mass is 9.46. The Balaban J connectivity index is 1.46. The molecule has 0 aromatic carbocycles. The van der Waals surface area contributed by atoms with Crippen molar-refractivity contribution in [1.82, 2.24) is 15.7 Å². The molecule has 0 unspecified atom stereocenters. The van der Waals surface area contributed by atoms with Crippen LogP contribution in [0.3, 0.4) is 0 Å². The third kappa shape index (κ3) is 5.21. The van der Waals surface area contributed by atoms with Crippen LogP contribution in [0.1, 0.15) is 72.1 Å². The first-order chi connectivity index (χ1) is 18.0. The molecule has 4 rings (SSSR count). The fourth-order valence-electron chi connectivity index (χ4n) is 8.29. The number of carbonyl (C=O) groups excluding carboxylic acids is 3. The van der Waals surface area contributed by atoms with E-state index in [1.54, 1.807) is 21.0 Å². The minimum absolute atomic E-state index is 0.0669. The minimum Gasteiger partial charge on any atom is -0.464 e. The van der Waals surface area contributed by atoms with E-state index in [4.69, 9.17) is 9.57 Å². The third-order valence-corrected chi connectivity index (χ3v) is 10.3. The Bertz CT molecular complexity index is 998. The zero-order valence-electron chi connectivity index (χ0n) is 23.4. The maximum Gasteiger partial charge on any atom is 0.435 e. The van der Waals surface area contributed by atoms with Crippen LogP contribution >= 0.6 is 0 Å². The van der Waals surface area contributed by atoms with Gasteiger partial charge in [0.05, 0.1) is 0 Å². The van der Waals surface area contributed by atoms with Crippen molar-refractivity contribution in [2.75, 3.05) is 27.2 Å². The molecule has 0 aliphatic heterocycles. The Morgan fingerprint density at radius 2 is 1.89 bits per heavy atom. The number of nitrogens with zero attached hydrogens (tertiary/aromatic N) is 2. The van der Waals surface area contributed by atoms with Crippen molar-refractivity contribution in [3.8, 4) is 0 Å². The first-order valence-corrected chi connectivity index (χ1v) is 14.0. The topological polar surface area (TPSA) is 130 Å². The zero-order valence-corrected chi connectivity index (χ0v) is 23.4. The van der Waals surface area contributed by atoms with Crippen LogP contribution in [-0.4, -0.2) is 67.1 Å². The largest absolute Gasteiger partial charge is 0.464 e. The number of allylic oxidation sites excluding steroid dienone is 1. The van der Waals surface area contributed by atoms with Crippen LogP contribution in [0.4, 0.5) is 4.79 Å². The Kier molecular flexibility index (Phi) is 8.52. The van der Waals surface area contributed by atoms with E-state index in [2.05, 4.69) is 30.4 Å². The molecule has 4 aliphatic carbocycles. The number of ether oxygens (including phenoxy) is 1. The highest BCUT2D eigenvalue weighted by Gasteiger charge is 2.59. The quantitative estimate of drug-likeness (QED) is 0.119. The molecule has 10 heteroatoms. The van der Waals surface area contributed by atoms with Gasteiger partial charge < -0.3 is 15.0 Å². The van der Waals surface area contributed by atoms with Gasteiger partial charge in [0.25, 0.3) is 0 Å². The highest BCUT2D eigenvalue weighted by atomic mass is 16.7. The molecule has 0 aromatic rings. The van der Waals surface area contributed by atoms with E-state index >= 15 is 0 Å². The van der Waals surface area contributed by atoms with Crippen molar-refractivity contribution >= 4 is 23.7 Å². The summed E-state index contributed by atoms with van der Waals surface area (Å²) in [5.74, 6) is 0.916. The highest BCUT2D eigenvalue weighted by Crippen LogP contribution is 2.66. The average Bonchev–Trinajstić information content (AvgIpc) is 3.26. The van der Waals surface area contributed by atoms with Gasteiger partial charge in [0.1, 0.15) is 11.9 Å². The molecule has 2 amide bonds. The molecular weight excluding hydrogens is 488 g/mol. The maximum absolute atomic E-state index is 12.4. The summed E-state index contributed by atoms with van der Waals surface area (Å²) in [5, 5.41) is 15.7. The number of nitrogens with one attached hydrogen (secondary N) is 2. The summed E-state index contributed by atoms with van der Waals surface area (Å²) in [5.41, 5.74) is 3.08. The van der Waals surface area contributed by atoms with Crippen LogP contribution in [0.2, 0.25) is 0 Å². The Morgan fingerprint density at radius 1 is 1.13 bits per heavy atom. The number of amides is 2. The number of ketones is 1. The van der Waals surface area contributed by atoms with E-state index in [0.717, 1.165) is 44.9 Å². The molecule has 38 heavy (non-hydrogen) atoms. The summed E-state index contributed by atoms with van der Waals surface area (Å²) in [7, 11) is 3.33. The fourth-order valence-corrected chi connectivity index (χ4v) is 8.29. The van der Waals surface area contributed by atoms with Gasteiger partial charge in [-0.15, -0.1) is 0 Å². The van der Waals surface area contributed by atoms with Gasteiger partial charge in [-0.3, -0.25) is 19.6 Å². The minimum atomic E-state index is -0.973. The average molecular weight is 533 g/mol. The van der Waals surface area contributed by atoms with E-state index in [-0.39, 0.29) is 16.7 Å². The SMILES string of the molecule is CNCCN(C)C(=O)O/N=C(/O[C@H]1C=C2CC[C@H]3[C@@H]4CC[C@H](C(C)=O)[C@@]4(C)CC[C@@H]3[C@@]2(C)CC1)C(=O)NO. The second kappa shape index (κ2) is 11.3. The molecule has 10 nitrogen and oxygen atoms in total. The van der Waals surface area contributed by atoms with Gasteiger partial charge in [0.2, 0.25) is 0 Å². The molecule has 7 atom stereocenters. The number of carbonyl (C=O) groups is 3. The predicted octanol–water partition coefficient (Wildman–Crippen LogP) is 3.65. The van der Waals surface area contributed by atoms with Gasteiger partial charge in [-0.25, -0.2) is 10.3 Å². The van der Waals surface area contributed by atoms with Gasteiger partial charge in [-0.2, -0.15) is 0 Å². The molecule has 0 saturated heterocycles. The number of hydroxylamine groups is 1. The van der Waals surface area contributed by atoms with Crippen molar-refractivity contribution in [2.24, 2.45) is 39.7 Å². The standard InChI is InChI=1S/C28H44N4O6/c1-17(33)21-8-9-22-20-7-6-18-16-19(10-12-27(18,2)23(20)11-13-28(21,22)3)37-25(24(34)30-36)31-38-26(35)32(5)15-14-29-4/h16,19-23,29,36H,6-15H2,1-5H3,(H,30,34)/b31-25+/t19-,20+,21-,22+,23+,27+,28-/m1/s1. The van der Waals surface area contributed by atoms with Crippen molar-refractivity contribution < 1.29 is 29.2 Å². The summed E-state index contributed by atoms with van der Waals surface area (Å²) >= 11 is 0. The summed E-state index contributed by atoms with van der Waals surface area (Å²) in [6.07, 6.45) is 9.09. The van der Waals surface area contributed by atoms with Crippen LogP contribution < -0.4 is 10.8 Å². The maximum atomic E-state index is 12.4. The molecule has 3 fully saturated rings. The molecule has 0 radical (unpaired) electrons. The molecular formula is C28H44N4O6. The van der Waals surface area contributed by atoms with Crippen molar-refractivity contribution in [3.05, 3.63) is 11.6 Å². The summed E-state index contributed by atoms with van der Waals surface area (Å²) < 4.78 is 5.87. The van der Waals surface area contributed by atoms with E-state index < -0.39 is 24.0 Å². The Morgan fingerprint density at radius 3 is 2.58 bits per heavy atom. The molecule has 3 saturated carbocycles. The first-order valence-electron chi connectivity index (χ1n) is 14.0. The van der Waals surface area contributed by atoms with Crippen LogP contribution in [0.15, 0.2) is 16.8 Å². The van der Waals surface area contributed by atoms with Crippen molar-refractivity contribution in [2.45, 2.75) is 78.2 Å². The van der Waals surface area contributed by atoms with Gasteiger partial charge in [0, 0.05) is 26.1 Å². The summed E-state index contributed by atoms with van der Waals surface area (Å²) in [4.78, 5) is 43.0. The predicted molar refractivity (Wildman–Crippen MR) is 141 cm³/mol. The summed E-state index contributed by atoms with van der Waals surface area (Å²) in [6, 6.07) is 0. The van der Waals surface area contributed by atoms with Gasteiger partial charge >= 0.3 is 17.9 Å². The molecule has 0 aromatic heterocycles. The number of oxime groups is 1. The normalized spacial score (nSPS) is 36.2. The zero-order chi connectivity index (χ0) is 27.7. The monoisotopic (exact) mass is 532 g/mol. The first kappa shape index (κ1) is 28.5. The lowest BCUT2D eigenvalue weighted by Gasteiger charge is -2.58. The van der Waals surface area contributed by atoms with Crippen LogP contribution in [-0.2, 0) is 19.2 Å². The molecule has 3 N–H and O–H groups in total. The van der Waals surface area contributed by atoms with Crippen LogP contribution in [0, 0.1) is 34.5 Å². The van der Waals surface area contributed by atoms with E-state index in [0.29, 0.717) is 43.0 Å². The summed E-state index contributed by atoms with van der Waals surface area (Å²) in [6.45, 7) is 7.49. The van der Waals surface area contributed by atoms with Crippen LogP contribution in [0.25, 0.3) is 0 Å². The Labute approximate surface area is 225 Å². The smallest absolute Gasteiger partial charge is 0.435 e. The number of Topliss-reactive ketones (excluding diaryl/α,β-unsaturated/α-hetero) is 1. The Hall–Kier alpha value is -2.46. The van der Waals surface area contributed by atoms with Gasteiger partial charge in [-0.05, 0) is 105 Å². The van der Waals surface area contributed by atoms with E-state index in [1.165, 1.54) is 16.0 Å². The third-order valence-electron chi connectivity index (χ3n) is 10.3. The number of fused-ring (bicyclic) bond motifs is 5. The number of hydrogen-bond acceptors (Lipinski definition) is 8. The molecule has 0 bridgehead atoms. The van der Waals surface area contributed by atoms with Crippen LogP contribution in [0.5, 0.6) is 0 Å². The van der Waals surface area contributed by atoms with Gasteiger partial charge in [0.15, 0.2) is 0 Å². The number of hydrogen-bond donors (Lipinski definition) is 3. The molecule has 4 aliphatic rings. The van der Waals surface area contributed by atoms with Gasteiger partial charge in [-0.1, -0.05) is 19.4 Å². The second-order valence-corrected chi connectivity index (χ2v) is 12.2. The molecule has 212 valence electrons. The number of likely N-dealkylation sites (N-methyl/N-ethyl adjacent to an activating group) is 2. The highest BCUT2D eigenvalue weighted by molar-refractivity contribution is 6.34. The van der Waals surface area contributed by atoms with Crippen molar-refractivity contribution in [1.29, 1.82) is 0 Å². The van der Waals surface area contributed by atoms with Crippen molar-refractivity contribution in [3.63, 3.8) is 0 Å². The number of rotatable bonds is 6. The fraction of sp³-hybridized carbons (Fsp3) is 0.786. The molecule has 0 spiro atoms. The van der Waals surface area contributed by atoms with E-state index in [9.17, 15) is 19.6 Å². The lowest BCUT2D eigenvalue weighted by Crippen LogP contribution is -2.51. The second-order valence-electron chi connectivity index (χ2n) is 12.2.